The van der Waals surface area contributed by atoms with Crippen LogP contribution in [0.15, 0.2) is 47.1 Å². The molecule has 1 unspecified atom stereocenters. The van der Waals surface area contributed by atoms with E-state index in [-0.39, 0.29) is 17.8 Å². The van der Waals surface area contributed by atoms with E-state index in [0.717, 1.165) is 43.7 Å². The van der Waals surface area contributed by atoms with Crippen LogP contribution in [0, 0.1) is 5.82 Å². The van der Waals surface area contributed by atoms with Crippen molar-refractivity contribution in [2.75, 3.05) is 32.8 Å². The fraction of sp³-hybridized carbons (Fsp3) is 0.476. The normalized spacial score (nSPS) is 16.2. The average Bonchev–Trinajstić information content (AvgIpc) is 3.22. The van der Waals surface area contributed by atoms with Crippen LogP contribution in [0.5, 0.6) is 0 Å². The highest BCUT2D eigenvalue weighted by atomic mass is 19.1. The lowest BCUT2D eigenvalue weighted by molar-refractivity contribution is -0.121. The van der Waals surface area contributed by atoms with Gasteiger partial charge in [0.15, 0.2) is 0 Å². The Kier molecular flexibility index (Phi) is 7.42. The molecule has 0 saturated carbocycles. The Balaban J connectivity index is 1.40. The smallest absolute Gasteiger partial charge is 0.220 e. The Morgan fingerprint density at radius 1 is 1.15 bits per heavy atom. The number of benzene rings is 1. The second-order valence-electron chi connectivity index (χ2n) is 6.82. The molecule has 6 heteroatoms. The van der Waals surface area contributed by atoms with Crippen LogP contribution in [-0.4, -0.2) is 43.7 Å². The lowest BCUT2D eigenvalue weighted by Crippen LogP contribution is -2.43. The van der Waals surface area contributed by atoms with Crippen molar-refractivity contribution in [1.29, 1.82) is 0 Å². The average molecular weight is 374 g/mol. The quantitative estimate of drug-likeness (QED) is 0.684. The summed E-state index contributed by atoms with van der Waals surface area (Å²) in [7, 11) is 0. The summed E-state index contributed by atoms with van der Waals surface area (Å²) in [6.07, 6.45) is 4.74. The number of hydrogen-bond acceptors (Lipinski definition) is 4. The third-order valence-corrected chi connectivity index (χ3v) is 4.88. The Morgan fingerprint density at radius 3 is 2.63 bits per heavy atom. The van der Waals surface area contributed by atoms with Gasteiger partial charge >= 0.3 is 0 Å². The molecule has 27 heavy (non-hydrogen) atoms. The predicted octanol–water partition coefficient (Wildman–Crippen LogP) is 3.32. The predicted molar refractivity (Wildman–Crippen MR) is 101 cm³/mol. The highest BCUT2D eigenvalue weighted by Crippen LogP contribution is 2.21. The van der Waals surface area contributed by atoms with Crippen LogP contribution in [0.4, 0.5) is 4.39 Å². The van der Waals surface area contributed by atoms with Crippen LogP contribution in [0.2, 0.25) is 0 Å². The van der Waals surface area contributed by atoms with Crippen molar-refractivity contribution in [3.05, 3.63) is 59.8 Å². The van der Waals surface area contributed by atoms with Gasteiger partial charge in [0, 0.05) is 26.1 Å². The lowest BCUT2D eigenvalue weighted by atomic mass is 10.1. The van der Waals surface area contributed by atoms with Gasteiger partial charge in [-0.05, 0) is 49.1 Å². The number of nitrogens with zero attached hydrogens (tertiary/aromatic N) is 1. The van der Waals surface area contributed by atoms with Gasteiger partial charge in [0.2, 0.25) is 5.91 Å². The molecule has 1 fully saturated rings. The third kappa shape index (κ3) is 6.19. The van der Waals surface area contributed by atoms with E-state index in [1.54, 1.807) is 18.4 Å². The molecule has 1 saturated heterocycles. The van der Waals surface area contributed by atoms with Crippen molar-refractivity contribution in [2.45, 2.75) is 31.7 Å². The third-order valence-electron chi connectivity index (χ3n) is 4.88. The van der Waals surface area contributed by atoms with E-state index >= 15 is 0 Å². The molecule has 3 rings (SSSR count). The molecule has 2 heterocycles. The second kappa shape index (κ2) is 10.2. The molecule has 1 aliphatic rings. The standard InChI is InChI=1S/C21H27FN2O3/c22-18-9-7-17(8-10-18)4-1-2-6-21(25)23-16-19(20-5-3-13-27-20)24-11-14-26-15-12-24/h3,5,7-10,13,19H,1-2,4,6,11-12,14-16H2,(H,23,25). The van der Waals surface area contributed by atoms with Gasteiger partial charge in [-0.3, -0.25) is 9.69 Å². The molecule has 1 atom stereocenters. The van der Waals surface area contributed by atoms with E-state index in [4.69, 9.17) is 9.15 Å². The monoisotopic (exact) mass is 374 g/mol. The topological polar surface area (TPSA) is 54.7 Å². The first-order chi connectivity index (χ1) is 13.2. The zero-order valence-corrected chi connectivity index (χ0v) is 15.5. The van der Waals surface area contributed by atoms with Crippen LogP contribution in [0.3, 0.4) is 0 Å². The molecule has 0 bridgehead atoms. The molecule has 0 radical (unpaired) electrons. The zero-order chi connectivity index (χ0) is 18.9. The minimum Gasteiger partial charge on any atom is -0.468 e. The molecule has 1 aliphatic heterocycles. The minimum absolute atomic E-state index is 0.0343. The fourth-order valence-corrected chi connectivity index (χ4v) is 3.34. The summed E-state index contributed by atoms with van der Waals surface area (Å²) >= 11 is 0. The van der Waals surface area contributed by atoms with E-state index in [9.17, 15) is 9.18 Å². The Bertz CT molecular complexity index is 682. The van der Waals surface area contributed by atoms with Crippen LogP contribution in [0.25, 0.3) is 0 Å². The zero-order valence-electron chi connectivity index (χ0n) is 15.5. The minimum atomic E-state index is -0.218. The lowest BCUT2D eigenvalue weighted by Gasteiger charge is -2.33. The van der Waals surface area contributed by atoms with Crippen molar-refractivity contribution in [1.82, 2.24) is 10.2 Å². The number of ether oxygens (including phenoxy) is 1. The van der Waals surface area contributed by atoms with E-state index in [2.05, 4.69) is 10.2 Å². The van der Waals surface area contributed by atoms with Crippen LogP contribution in [0.1, 0.15) is 36.6 Å². The molecule has 1 amide bonds. The summed E-state index contributed by atoms with van der Waals surface area (Å²) in [6, 6.07) is 10.4. The molecular weight excluding hydrogens is 347 g/mol. The Morgan fingerprint density at radius 2 is 1.93 bits per heavy atom. The van der Waals surface area contributed by atoms with Crippen molar-refractivity contribution in [3.8, 4) is 0 Å². The van der Waals surface area contributed by atoms with Crippen LogP contribution < -0.4 is 5.32 Å². The highest BCUT2D eigenvalue weighted by molar-refractivity contribution is 5.75. The van der Waals surface area contributed by atoms with Gasteiger partial charge in [-0.1, -0.05) is 12.1 Å². The van der Waals surface area contributed by atoms with Crippen molar-refractivity contribution in [3.63, 3.8) is 0 Å². The van der Waals surface area contributed by atoms with E-state index in [1.165, 1.54) is 12.1 Å². The molecule has 1 N–H and O–H groups in total. The second-order valence-corrected chi connectivity index (χ2v) is 6.82. The van der Waals surface area contributed by atoms with Crippen molar-refractivity contribution >= 4 is 5.91 Å². The summed E-state index contributed by atoms with van der Waals surface area (Å²) in [4.78, 5) is 14.5. The fourth-order valence-electron chi connectivity index (χ4n) is 3.34. The molecule has 1 aromatic heterocycles. The number of morpholine rings is 1. The summed E-state index contributed by atoms with van der Waals surface area (Å²) in [5.41, 5.74) is 1.10. The summed E-state index contributed by atoms with van der Waals surface area (Å²) in [5, 5.41) is 3.04. The summed E-state index contributed by atoms with van der Waals surface area (Å²) in [6.45, 7) is 3.60. The molecule has 5 nitrogen and oxygen atoms in total. The van der Waals surface area contributed by atoms with Crippen molar-refractivity contribution < 1.29 is 18.3 Å². The van der Waals surface area contributed by atoms with E-state index in [1.807, 2.05) is 12.1 Å². The SMILES string of the molecule is O=C(CCCCc1ccc(F)cc1)NCC(c1ccco1)N1CCOCC1. The maximum absolute atomic E-state index is 12.9. The van der Waals surface area contributed by atoms with Gasteiger partial charge in [-0.2, -0.15) is 0 Å². The maximum Gasteiger partial charge on any atom is 0.220 e. The van der Waals surface area contributed by atoms with Gasteiger partial charge in [-0.25, -0.2) is 4.39 Å². The molecule has 146 valence electrons. The molecule has 2 aromatic rings. The van der Waals surface area contributed by atoms with Gasteiger partial charge in [0.1, 0.15) is 11.6 Å². The largest absolute Gasteiger partial charge is 0.468 e. The number of rotatable bonds is 9. The number of unbranched alkanes of at least 4 members (excludes halogenated alkanes) is 1. The first kappa shape index (κ1) is 19.6. The number of carbonyl (C=O) groups is 1. The Hall–Kier alpha value is -2.18. The van der Waals surface area contributed by atoms with Gasteiger partial charge < -0.3 is 14.5 Å². The molecule has 0 aliphatic carbocycles. The summed E-state index contributed by atoms with van der Waals surface area (Å²) in [5.74, 6) is 0.705. The van der Waals surface area contributed by atoms with E-state index in [0.29, 0.717) is 26.2 Å². The van der Waals surface area contributed by atoms with Gasteiger partial charge in [0.05, 0.1) is 25.5 Å². The highest BCUT2D eigenvalue weighted by Gasteiger charge is 2.25. The number of amides is 1. The molecule has 1 aromatic carbocycles. The number of nitrogens with one attached hydrogen (secondary N) is 1. The first-order valence-corrected chi connectivity index (χ1v) is 9.59. The number of aryl methyl sites for hydroxylation is 1. The van der Waals surface area contributed by atoms with Gasteiger partial charge in [0.25, 0.3) is 0 Å². The van der Waals surface area contributed by atoms with Crippen molar-refractivity contribution in [2.24, 2.45) is 0 Å². The summed E-state index contributed by atoms with van der Waals surface area (Å²) < 4.78 is 23.9. The number of furan rings is 1. The van der Waals surface area contributed by atoms with E-state index < -0.39 is 0 Å². The molecular formula is C21H27FN2O3. The maximum atomic E-state index is 12.9. The molecule has 0 spiro atoms. The van der Waals surface area contributed by atoms with Crippen LogP contribution >= 0.6 is 0 Å². The number of hydrogen-bond donors (Lipinski definition) is 1. The first-order valence-electron chi connectivity index (χ1n) is 9.59. The van der Waals surface area contributed by atoms with Gasteiger partial charge in [-0.15, -0.1) is 0 Å². The van der Waals surface area contributed by atoms with Crippen LogP contribution in [-0.2, 0) is 16.0 Å². The number of halogens is 1. The Labute approximate surface area is 159 Å². The number of carbonyl (C=O) groups excluding carboxylic acids is 1.